The molecule has 2 fully saturated rings. The molecule has 1 atom stereocenters. The molecule has 0 aliphatic carbocycles. The predicted molar refractivity (Wildman–Crippen MR) is 117 cm³/mol. The molecule has 1 aromatic carbocycles. The third-order valence-electron chi connectivity index (χ3n) is 4.89. The summed E-state index contributed by atoms with van der Waals surface area (Å²) < 4.78 is 6.00. The van der Waals surface area contributed by atoms with Gasteiger partial charge in [0, 0.05) is 26.1 Å². The van der Waals surface area contributed by atoms with E-state index in [2.05, 4.69) is 31.3 Å². The second-order valence-corrected chi connectivity index (χ2v) is 9.02. The lowest BCUT2D eigenvalue weighted by molar-refractivity contribution is -0.124. The molecule has 150 valence electrons. The summed E-state index contributed by atoms with van der Waals surface area (Å²) in [5.74, 6) is 0.256. The minimum absolute atomic E-state index is 0.0854. The van der Waals surface area contributed by atoms with E-state index < -0.39 is 0 Å². The van der Waals surface area contributed by atoms with E-state index in [1.54, 1.807) is 0 Å². The molecule has 0 radical (unpaired) electrons. The Hall–Kier alpha value is -1.70. The summed E-state index contributed by atoms with van der Waals surface area (Å²) in [6, 6.07) is 8.19. The fourth-order valence-corrected chi connectivity index (χ4v) is 4.46. The third-order valence-corrected chi connectivity index (χ3v) is 6.27. The Morgan fingerprint density at radius 2 is 2.14 bits per heavy atom. The largest absolute Gasteiger partial charge is 0.376 e. The van der Waals surface area contributed by atoms with Gasteiger partial charge in [0.25, 0.3) is 5.91 Å². The number of rotatable bonds is 7. The maximum absolute atomic E-state index is 12.7. The summed E-state index contributed by atoms with van der Waals surface area (Å²) >= 11 is 6.64. The Labute approximate surface area is 175 Å². The molecule has 2 aliphatic heterocycles. The van der Waals surface area contributed by atoms with Gasteiger partial charge in [-0.25, -0.2) is 0 Å². The van der Waals surface area contributed by atoms with E-state index in [1.165, 1.54) is 22.2 Å². The van der Waals surface area contributed by atoms with E-state index >= 15 is 0 Å². The molecular weight excluding hydrogens is 392 g/mol. The molecular formula is C21H26N2O3S2. The molecule has 3 rings (SSSR count). The van der Waals surface area contributed by atoms with Crippen LogP contribution in [0.3, 0.4) is 0 Å². The number of carbonyl (C=O) groups excluding carboxylic acids is 2. The normalized spacial score (nSPS) is 21.2. The average Bonchev–Trinajstić information content (AvgIpc) is 3.28. The minimum atomic E-state index is -0.130. The highest BCUT2D eigenvalue weighted by molar-refractivity contribution is 8.26. The van der Waals surface area contributed by atoms with E-state index in [-0.39, 0.29) is 24.3 Å². The Balaban J connectivity index is 1.53. The van der Waals surface area contributed by atoms with Crippen LogP contribution in [0.5, 0.6) is 0 Å². The van der Waals surface area contributed by atoms with Crippen LogP contribution in [0.25, 0.3) is 6.08 Å². The molecule has 2 heterocycles. The SMILES string of the molecule is CC(C)c1ccc(/C=C2\SC(=S)N(CCC(=O)NC[C@H]3CCCO3)C2=O)cc1. The number of hydrogen-bond donors (Lipinski definition) is 1. The first-order valence-corrected chi connectivity index (χ1v) is 10.9. The number of amides is 2. The molecule has 5 nitrogen and oxygen atoms in total. The number of nitrogens with one attached hydrogen (secondary N) is 1. The molecule has 0 unspecified atom stereocenters. The van der Waals surface area contributed by atoms with Crippen LogP contribution in [0.4, 0.5) is 0 Å². The van der Waals surface area contributed by atoms with Crippen molar-refractivity contribution in [3.63, 3.8) is 0 Å². The second kappa shape index (κ2) is 9.67. The summed E-state index contributed by atoms with van der Waals surface area (Å²) in [7, 11) is 0. The Bertz CT molecular complexity index is 768. The van der Waals surface area contributed by atoms with Gasteiger partial charge in [0.05, 0.1) is 11.0 Å². The molecule has 7 heteroatoms. The molecule has 2 saturated heterocycles. The molecule has 1 N–H and O–H groups in total. The predicted octanol–water partition coefficient (Wildman–Crippen LogP) is 3.70. The smallest absolute Gasteiger partial charge is 0.266 e. The van der Waals surface area contributed by atoms with Gasteiger partial charge in [-0.2, -0.15) is 0 Å². The van der Waals surface area contributed by atoms with E-state index in [4.69, 9.17) is 17.0 Å². The maximum atomic E-state index is 12.7. The van der Waals surface area contributed by atoms with Gasteiger partial charge in [-0.3, -0.25) is 14.5 Å². The van der Waals surface area contributed by atoms with Gasteiger partial charge >= 0.3 is 0 Å². The first-order valence-electron chi connectivity index (χ1n) is 9.67. The molecule has 0 spiro atoms. The zero-order chi connectivity index (χ0) is 20.1. The van der Waals surface area contributed by atoms with Crippen molar-refractivity contribution in [3.8, 4) is 0 Å². The fraction of sp³-hybridized carbons (Fsp3) is 0.476. The number of benzene rings is 1. The van der Waals surface area contributed by atoms with Gasteiger partial charge in [-0.1, -0.05) is 62.1 Å². The van der Waals surface area contributed by atoms with Crippen LogP contribution in [0, 0.1) is 0 Å². The quantitative estimate of drug-likeness (QED) is 0.541. The molecule has 0 saturated carbocycles. The first-order chi connectivity index (χ1) is 13.4. The lowest BCUT2D eigenvalue weighted by Crippen LogP contribution is -2.36. The Morgan fingerprint density at radius 3 is 2.79 bits per heavy atom. The number of ether oxygens (including phenoxy) is 1. The van der Waals surface area contributed by atoms with Crippen molar-refractivity contribution < 1.29 is 14.3 Å². The van der Waals surface area contributed by atoms with Crippen LogP contribution in [0.1, 0.15) is 50.2 Å². The van der Waals surface area contributed by atoms with Crippen LogP contribution in [-0.2, 0) is 14.3 Å². The topological polar surface area (TPSA) is 58.6 Å². The van der Waals surface area contributed by atoms with Gasteiger partial charge in [-0.15, -0.1) is 0 Å². The van der Waals surface area contributed by atoms with Crippen molar-refractivity contribution in [2.45, 2.75) is 45.1 Å². The molecule has 0 bridgehead atoms. The highest BCUT2D eigenvalue weighted by atomic mass is 32.2. The van der Waals surface area contributed by atoms with Crippen molar-refractivity contribution in [2.75, 3.05) is 19.7 Å². The van der Waals surface area contributed by atoms with E-state index in [1.807, 2.05) is 18.2 Å². The molecule has 28 heavy (non-hydrogen) atoms. The summed E-state index contributed by atoms with van der Waals surface area (Å²) in [4.78, 5) is 26.8. The first kappa shape index (κ1) is 21.0. The number of hydrogen-bond acceptors (Lipinski definition) is 5. The molecule has 2 amide bonds. The van der Waals surface area contributed by atoms with Crippen LogP contribution in [0.15, 0.2) is 29.2 Å². The van der Waals surface area contributed by atoms with Crippen molar-refractivity contribution in [1.82, 2.24) is 10.2 Å². The molecule has 0 aromatic heterocycles. The number of thiocarbonyl (C=S) groups is 1. The Morgan fingerprint density at radius 1 is 1.39 bits per heavy atom. The highest BCUT2D eigenvalue weighted by Gasteiger charge is 2.32. The highest BCUT2D eigenvalue weighted by Crippen LogP contribution is 2.32. The van der Waals surface area contributed by atoms with Crippen LogP contribution >= 0.6 is 24.0 Å². The third kappa shape index (κ3) is 5.43. The van der Waals surface area contributed by atoms with Gasteiger partial charge in [0.1, 0.15) is 4.32 Å². The van der Waals surface area contributed by atoms with Crippen LogP contribution in [-0.4, -0.2) is 46.8 Å². The standard InChI is InChI=1S/C21H26N2O3S2/c1-14(2)16-7-5-15(6-8-16)12-18-20(25)23(21(27)28-18)10-9-19(24)22-13-17-4-3-11-26-17/h5-8,12,14,17H,3-4,9-11,13H2,1-2H3,(H,22,24)/b18-12-/t17-/m1/s1. The zero-order valence-electron chi connectivity index (χ0n) is 16.3. The molecule has 1 aromatic rings. The van der Waals surface area contributed by atoms with E-state index in [0.717, 1.165) is 25.0 Å². The minimum Gasteiger partial charge on any atom is -0.376 e. The van der Waals surface area contributed by atoms with Crippen LogP contribution in [0.2, 0.25) is 0 Å². The van der Waals surface area contributed by atoms with Gasteiger partial charge in [-0.05, 0) is 36.0 Å². The van der Waals surface area contributed by atoms with Crippen molar-refractivity contribution in [3.05, 3.63) is 40.3 Å². The average molecular weight is 419 g/mol. The fourth-order valence-electron chi connectivity index (χ4n) is 3.16. The number of thioether (sulfide) groups is 1. The van der Waals surface area contributed by atoms with E-state index in [0.29, 0.717) is 28.2 Å². The van der Waals surface area contributed by atoms with Crippen molar-refractivity contribution in [1.29, 1.82) is 0 Å². The van der Waals surface area contributed by atoms with Gasteiger partial charge in [0.2, 0.25) is 5.91 Å². The second-order valence-electron chi connectivity index (χ2n) is 7.34. The van der Waals surface area contributed by atoms with E-state index in [9.17, 15) is 9.59 Å². The number of nitrogens with zero attached hydrogens (tertiary/aromatic N) is 1. The van der Waals surface area contributed by atoms with Crippen molar-refractivity contribution >= 4 is 46.2 Å². The molecule has 2 aliphatic rings. The number of carbonyl (C=O) groups is 2. The summed E-state index contributed by atoms with van der Waals surface area (Å²) in [5.41, 5.74) is 2.23. The lowest BCUT2D eigenvalue weighted by atomic mass is 10.0. The summed E-state index contributed by atoms with van der Waals surface area (Å²) in [5, 5.41) is 2.88. The monoisotopic (exact) mass is 418 g/mol. The van der Waals surface area contributed by atoms with Crippen LogP contribution < -0.4 is 5.32 Å². The summed E-state index contributed by atoms with van der Waals surface area (Å²) in [6.45, 7) is 5.90. The summed E-state index contributed by atoms with van der Waals surface area (Å²) in [6.07, 6.45) is 4.24. The van der Waals surface area contributed by atoms with Crippen molar-refractivity contribution in [2.24, 2.45) is 0 Å². The van der Waals surface area contributed by atoms with Gasteiger partial charge < -0.3 is 10.1 Å². The maximum Gasteiger partial charge on any atom is 0.266 e. The lowest BCUT2D eigenvalue weighted by Gasteiger charge is -2.15. The van der Waals surface area contributed by atoms with Gasteiger partial charge in [0.15, 0.2) is 0 Å². The Kier molecular flexibility index (Phi) is 7.26. The zero-order valence-corrected chi connectivity index (χ0v) is 17.9.